The van der Waals surface area contributed by atoms with Gasteiger partial charge >= 0.3 is 6.18 Å². The predicted octanol–water partition coefficient (Wildman–Crippen LogP) is 1.53. The monoisotopic (exact) mass is 296 g/mol. The molecule has 0 radical (unpaired) electrons. The first-order valence-electron chi connectivity index (χ1n) is 4.97. The van der Waals surface area contributed by atoms with E-state index in [2.05, 4.69) is 0 Å². The number of sulfonamides is 1. The van der Waals surface area contributed by atoms with Crippen LogP contribution < -0.4 is 0 Å². The van der Waals surface area contributed by atoms with Gasteiger partial charge in [0.05, 0.1) is 9.82 Å². The molecular formula is C9H7F3N2O4S. The smallest absolute Gasteiger partial charge is 0.258 e. The SMILES string of the molecule is O=[N+]([O-])c1ccc(S(=O)(=O)N2C[C@H]2C(F)(F)F)cc1. The van der Waals surface area contributed by atoms with E-state index in [0.717, 1.165) is 24.3 Å². The largest absolute Gasteiger partial charge is 0.406 e. The molecule has 1 fully saturated rings. The quantitative estimate of drug-likeness (QED) is 0.481. The van der Waals surface area contributed by atoms with Crippen LogP contribution in [-0.4, -0.2) is 36.4 Å². The second kappa shape index (κ2) is 4.17. The molecule has 1 aliphatic rings. The van der Waals surface area contributed by atoms with Gasteiger partial charge in [0.15, 0.2) is 0 Å². The van der Waals surface area contributed by atoms with Crippen LogP contribution in [0.1, 0.15) is 0 Å². The van der Waals surface area contributed by atoms with Gasteiger partial charge in [0.25, 0.3) is 5.69 Å². The van der Waals surface area contributed by atoms with Crippen molar-refractivity contribution in [1.29, 1.82) is 0 Å². The van der Waals surface area contributed by atoms with Gasteiger partial charge in [-0.15, -0.1) is 0 Å². The first kappa shape index (κ1) is 13.7. The summed E-state index contributed by atoms with van der Waals surface area (Å²) in [4.78, 5) is 9.26. The van der Waals surface area contributed by atoms with Crippen LogP contribution in [0.4, 0.5) is 18.9 Å². The minimum absolute atomic E-state index is 0.300. The second-order valence-electron chi connectivity index (χ2n) is 3.88. The maximum absolute atomic E-state index is 12.3. The lowest BCUT2D eigenvalue weighted by atomic mass is 10.3. The normalized spacial score (nSPS) is 23.1. The van der Waals surface area contributed by atoms with Crippen molar-refractivity contribution in [2.45, 2.75) is 17.1 Å². The zero-order valence-electron chi connectivity index (χ0n) is 9.16. The van der Waals surface area contributed by atoms with Crippen LogP contribution in [0.3, 0.4) is 0 Å². The number of nitro benzene ring substituents is 1. The number of non-ortho nitro benzene ring substituents is 1. The van der Waals surface area contributed by atoms with E-state index >= 15 is 0 Å². The zero-order chi connectivity index (χ0) is 14.4. The summed E-state index contributed by atoms with van der Waals surface area (Å²) in [7, 11) is -4.25. The lowest BCUT2D eigenvalue weighted by molar-refractivity contribution is -0.384. The summed E-state index contributed by atoms with van der Waals surface area (Å²) >= 11 is 0. The van der Waals surface area contributed by atoms with Crippen LogP contribution in [0.5, 0.6) is 0 Å². The standard InChI is InChI=1S/C9H7F3N2O4S/c10-9(11,12)8-5-13(8)19(17,18)7-3-1-6(2-4-7)14(15)16/h1-4,8H,5H2/t8-,13?/m0/s1. The number of halogens is 3. The van der Waals surface area contributed by atoms with Crippen molar-refractivity contribution in [2.75, 3.05) is 6.54 Å². The molecule has 0 N–H and O–H groups in total. The molecule has 0 saturated carbocycles. The zero-order valence-corrected chi connectivity index (χ0v) is 9.98. The highest BCUT2D eigenvalue weighted by Gasteiger charge is 2.59. The molecule has 2 rings (SSSR count). The first-order valence-corrected chi connectivity index (χ1v) is 6.41. The minimum Gasteiger partial charge on any atom is -0.258 e. The molecule has 104 valence electrons. The Balaban J connectivity index is 2.25. The Bertz CT molecular complexity index is 611. The fraction of sp³-hybridized carbons (Fsp3) is 0.333. The summed E-state index contributed by atoms with van der Waals surface area (Å²) in [5.74, 6) is 0. The average Bonchev–Trinajstić information content (AvgIpc) is 3.08. The van der Waals surface area contributed by atoms with Crippen molar-refractivity contribution in [1.82, 2.24) is 4.31 Å². The molecular weight excluding hydrogens is 289 g/mol. The van der Waals surface area contributed by atoms with E-state index in [1.165, 1.54) is 0 Å². The number of hydrogen-bond donors (Lipinski definition) is 0. The summed E-state index contributed by atoms with van der Waals surface area (Å²) in [5, 5.41) is 10.4. The van der Waals surface area contributed by atoms with E-state index in [9.17, 15) is 31.7 Å². The number of nitro groups is 1. The van der Waals surface area contributed by atoms with E-state index < -0.39 is 38.6 Å². The number of alkyl halides is 3. The maximum atomic E-state index is 12.3. The van der Waals surface area contributed by atoms with Gasteiger partial charge in [0, 0.05) is 18.7 Å². The van der Waals surface area contributed by atoms with Gasteiger partial charge in [-0.1, -0.05) is 0 Å². The fourth-order valence-electron chi connectivity index (χ4n) is 1.53. The molecule has 6 nitrogen and oxygen atoms in total. The second-order valence-corrected chi connectivity index (χ2v) is 5.77. The Morgan fingerprint density at radius 1 is 1.26 bits per heavy atom. The van der Waals surface area contributed by atoms with E-state index in [-0.39, 0.29) is 5.69 Å². The van der Waals surface area contributed by atoms with Crippen LogP contribution in [0.15, 0.2) is 29.2 Å². The van der Waals surface area contributed by atoms with Crippen molar-refractivity contribution < 1.29 is 26.5 Å². The molecule has 1 heterocycles. The van der Waals surface area contributed by atoms with Crippen LogP contribution in [0.2, 0.25) is 0 Å². The van der Waals surface area contributed by atoms with Gasteiger partial charge < -0.3 is 0 Å². The Morgan fingerprint density at radius 3 is 2.16 bits per heavy atom. The summed E-state index contributed by atoms with van der Waals surface area (Å²) in [6.07, 6.45) is -4.60. The molecule has 1 aromatic rings. The predicted molar refractivity (Wildman–Crippen MR) is 56.8 cm³/mol. The highest BCUT2D eigenvalue weighted by molar-refractivity contribution is 7.89. The fourth-order valence-corrected chi connectivity index (χ4v) is 3.07. The highest BCUT2D eigenvalue weighted by atomic mass is 32.2. The molecule has 2 atom stereocenters. The minimum atomic E-state index is -4.60. The van der Waals surface area contributed by atoms with Crippen LogP contribution in [0, 0.1) is 10.1 Å². The lowest BCUT2D eigenvalue weighted by Gasteiger charge is -2.08. The molecule has 1 saturated heterocycles. The molecule has 0 amide bonds. The van der Waals surface area contributed by atoms with Gasteiger partial charge in [-0.2, -0.15) is 17.5 Å². The lowest BCUT2D eigenvalue weighted by Crippen LogP contribution is -2.24. The Kier molecular flexibility index (Phi) is 3.01. The maximum Gasteiger partial charge on any atom is 0.406 e. The van der Waals surface area contributed by atoms with Crippen LogP contribution in [-0.2, 0) is 10.0 Å². The van der Waals surface area contributed by atoms with E-state index in [1.807, 2.05) is 0 Å². The molecule has 19 heavy (non-hydrogen) atoms. The van der Waals surface area contributed by atoms with Gasteiger partial charge in [-0.3, -0.25) is 10.1 Å². The molecule has 1 aromatic carbocycles. The number of hydrogen-bond acceptors (Lipinski definition) is 4. The molecule has 0 bridgehead atoms. The molecule has 0 aromatic heterocycles. The summed E-state index contributed by atoms with van der Waals surface area (Å²) in [6.45, 7) is -0.622. The summed E-state index contributed by atoms with van der Waals surface area (Å²) < 4.78 is 60.8. The Hall–Kier alpha value is -1.68. The molecule has 0 spiro atoms. The van der Waals surface area contributed by atoms with E-state index in [1.54, 1.807) is 0 Å². The van der Waals surface area contributed by atoms with Gasteiger partial charge in [-0.05, 0) is 12.1 Å². The van der Waals surface area contributed by atoms with E-state index in [0.29, 0.717) is 4.31 Å². The third-order valence-electron chi connectivity index (χ3n) is 2.60. The topological polar surface area (TPSA) is 80.3 Å². The summed E-state index contributed by atoms with van der Waals surface area (Å²) in [6, 6.07) is 1.68. The highest BCUT2D eigenvalue weighted by Crippen LogP contribution is 2.39. The van der Waals surface area contributed by atoms with Crippen molar-refractivity contribution in [2.24, 2.45) is 0 Å². The van der Waals surface area contributed by atoms with Gasteiger partial charge in [0.1, 0.15) is 6.04 Å². The van der Waals surface area contributed by atoms with Crippen molar-refractivity contribution >= 4 is 15.7 Å². The Morgan fingerprint density at radius 2 is 1.79 bits per heavy atom. The molecule has 1 aliphatic heterocycles. The van der Waals surface area contributed by atoms with Crippen LogP contribution in [0.25, 0.3) is 0 Å². The van der Waals surface area contributed by atoms with Crippen molar-refractivity contribution in [3.8, 4) is 0 Å². The first-order chi connectivity index (χ1) is 8.64. The Labute approximate surface area is 105 Å². The number of rotatable bonds is 3. The molecule has 0 aliphatic carbocycles. The number of benzene rings is 1. The molecule has 10 heteroatoms. The van der Waals surface area contributed by atoms with Crippen LogP contribution >= 0.6 is 0 Å². The third kappa shape index (κ3) is 2.54. The van der Waals surface area contributed by atoms with Crippen molar-refractivity contribution in [3.05, 3.63) is 34.4 Å². The van der Waals surface area contributed by atoms with Gasteiger partial charge in [-0.25, -0.2) is 8.42 Å². The number of nitrogens with zero attached hydrogens (tertiary/aromatic N) is 2. The summed E-state index contributed by atoms with van der Waals surface area (Å²) in [5.41, 5.74) is -0.336. The van der Waals surface area contributed by atoms with E-state index in [4.69, 9.17) is 0 Å². The van der Waals surface area contributed by atoms with Gasteiger partial charge in [0.2, 0.25) is 10.0 Å². The third-order valence-corrected chi connectivity index (χ3v) is 4.49. The molecule has 1 unspecified atom stereocenters. The average molecular weight is 296 g/mol. The van der Waals surface area contributed by atoms with Crippen molar-refractivity contribution in [3.63, 3.8) is 0 Å².